The van der Waals surface area contributed by atoms with Crippen molar-refractivity contribution < 1.29 is 60.7 Å². The minimum Gasteiger partial charge on any atom is -0.379 e. The number of amides is 3. The van der Waals surface area contributed by atoms with Gasteiger partial charge in [0.05, 0.1) is 122 Å². The van der Waals surface area contributed by atoms with E-state index in [1.165, 1.54) is 6.20 Å². The van der Waals surface area contributed by atoms with E-state index in [1.54, 1.807) is 25.7 Å². The molecule has 0 atom stereocenters. The van der Waals surface area contributed by atoms with Crippen LogP contribution in [0.25, 0.3) is 0 Å². The van der Waals surface area contributed by atoms with E-state index in [0.717, 1.165) is 0 Å². The molecule has 0 saturated carbocycles. The highest BCUT2D eigenvalue weighted by molar-refractivity contribution is 7.92. The molecule has 3 N–H and O–H groups in total. The van der Waals surface area contributed by atoms with Crippen molar-refractivity contribution in [2.75, 3.05) is 125 Å². The number of nitrogens with one attached hydrogen (secondary N) is 1. The molecule has 0 spiro atoms. The summed E-state index contributed by atoms with van der Waals surface area (Å²) < 4.78 is 67.5. The molecule has 0 radical (unpaired) electrons. The number of carbonyl (C=O) groups excluding carboxylic acids is 3. The van der Waals surface area contributed by atoms with Gasteiger partial charge in [0.15, 0.2) is 0 Å². The van der Waals surface area contributed by atoms with Crippen LogP contribution in [0.4, 0.5) is 0 Å². The van der Waals surface area contributed by atoms with Crippen molar-refractivity contribution in [3.63, 3.8) is 0 Å². The fourth-order valence-corrected chi connectivity index (χ4v) is 5.27. The molecule has 0 fully saturated rings. The lowest BCUT2D eigenvalue weighted by atomic mass is 10.1. The summed E-state index contributed by atoms with van der Waals surface area (Å²) in [4.78, 5) is 45.4. The van der Waals surface area contributed by atoms with Gasteiger partial charge >= 0.3 is 0 Å². The third-order valence-electron chi connectivity index (χ3n) is 7.30. The van der Waals surface area contributed by atoms with Crippen molar-refractivity contribution >= 4 is 27.6 Å². The van der Waals surface area contributed by atoms with Crippen molar-refractivity contribution in [2.45, 2.75) is 49.9 Å². The lowest BCUT2D eigenvalue weighted by molar-refractivity contribution is -0.121. The maximum absolute atomic E-state index is 12.9. The van der Waals surface area contributed by atoms with Gasteiger partial charge in [0.2, 0.25) is 26.8 Å². The average molecular weight is 764 g/mol. The summed E-state index contributed by atoms with van der Waals surface area (Å²) >= 11 is 0. The molecule has 18 nitrogen and oxygen atoms in total. The highest BCUT2D eigenvalue weighted by Gasteiger charge is 2.35. The van der Waals surface area contributed by atoms with Crippen LogP contribution in [0.1, 0.15) is 49.7 Å². The average Bonchev–Trinajstić information content (AvgIpc) is 3.10. The molecule has 0 unspecified atom stereocenters. The highest BCUT2D eigenvalue weighted by Crippen LogP contribution is 2.24. The molecule has 19 heteroatoms. The molecule has 0 aromatic carbocycles. The van der Waals surface area contributed by atoms with Crippen LogP contribution >= 0.6 is 0 Å². The predicted octanol–water partition coefficient (Wildman–Crippen LogP) is -0.438. The van der Waals surface area contributed by atoms with Crippen molar-refractivity contribution in [2.24, 2.45) is 5.73 Å². The van der Waals surface area contributed by atoms with Gasteiger partial charge in [-0.3, -0.25) is 14.4 Å². The van der Waals surface area contributed by atoms with E-state index >= 15 is 0 Å². The number of fused-ring (bicyclic) bond motifs is 1. The van der Waals surface area contributed by atoms with Crippen molar-refractivity contribution in [3.8, 4) is 0 Å². The fourth-order valence-electron chi connectivity index (χ4n) is 4.30. The maximum atomic E-state index is 12.9. The van der Waals surface area contributed by atoms with Gasteiger partial charge in [-0.05, 0) is 20.8 Å². The Morgan fingerprint density at radius 3 is 1.63 bits per heavy atom. The van der Waals surface area contributed by atoms with Crippen LogP contribution in [-0.4, -0.2) is 171 Å². The molecule has 0 aliphatic carbocycles. The molecule has 1 aromatic heterocycles. The zero-order chi connectivity index (χ0) is 38.1. The topological polar surface area (TPSA) is 226 Å². The van der Waals surface area contributed by atoms with Gasteiger partial charge in [-0.15, -0.1) is 0 Å². The second-order valence-corrected chi connectivity index (χ2v) is 15.0. The predicted molar refractivity (Wildman–Crippen MR) is 187 cm³/mol. The summed E-state index contributed by atoms with van der Waals surface area (Å²) in [5.74, 6) is -0.922. The molecule has 52 heavy (non-hydrogen) atoms. The number of hydrogen-bond acceptors (Lipinski definition) is 15. The summed E-state index contributed by atoms with van der Waals surface area (Å²) in [6.45, 7) is 12.3. The first kappa shape index (κ1) is 45.3. The lowest BCUT2D eigenvalue weighted by Gasteiger charge is -2.28. The Labute approximate surface area is 306 Å². The van der Waals surface area contributed by atoms with Gasteiger partial charge in [-0.1, -0.05) is 0 Å². The third kappa shape index (κ3) is 18.7. The van der Waals surface area contributed by atoms with Crippen LogP contribution in [0, 0.1) is 0 Å². The molecule has 1 aromatic rings. The van der Waals surface area contributed by atoms with Crippen LogP contribution in [0.3, 0.4) is 0 Å². The Morgan fingerprint density at radius 2 is 1.19 bits per heavy atom. The first-order valence-corrected chi connectivity index (χ1v) is 19.0. The first-order valence-electron chi connectivity index (χ1n) is 17.5. The molecule has 1 aliphatic rings. The van der Waals surface area contributed by atoms with E-state index in [2.05, 4.69) is 15.3 Å². The Bertz CT molecular complexity index is 1300. The molecule has 2 rings (SSSR count). The van der Waals surface area contributed by atoms with E-state index in [-0.39, 0.29) is 47.8 Å². The molecular weight excluding hydrogens is 706 g/mol. The van der Waals surface area contributed by atoms with Gasteiger partial charge in [0.25, 0.3) is 5.91 Å². The number of nitrogens with zero attached hydrogens (tertiary/aromatic N) is 3. The number of nitrogens with two attached hydrogens (primary N) is 1. The number of sulfone groups is 1. The lowest BCUT2D eigenvalue weighted by Crippen LogP contribution is -2.41. The second kappa shape index (κ2) is 26.0. The Balaban J connectivity index is 1.33. The number of aromatic nitrogens is 2. The Hall–Kier alpha value is -2.88. The third-order valence-corrected chi connectivity index (χ3v) is 9.59. The zero-order valence-corrected chi connectivity index (χ0v) is 31.6. The van der Waals surface area contributed by atoms with Crippen LogP contribution in [-0.2, 0) is 63.7 Å². The smallest absolute Gasteiger partial charge is 0.257 e. The number of ether oxygens (including phenoxy) is 8. The number of primary amides is 1. The molecule has 1 aliphatic heterocycles. The van der Waals surface area contributed by atoms with E-state index < -0.39 is 14.6 Å². The van der Waals surface area contributed by atoms with Crippen LogP contribution in [0.15, 0.2) is 11.4 Å². The van der Waals surface area contributed by atoms with Crippen LogP contribution in [0.2, 0.25) is 0 Å². The van der Waals surface area contributed by atoms with Crippen molar-refractivity contribution in [3.05, 3.63) is 17.5 Å². The quantitative estimate of drug-likeness (QED) is 0.0722. The minimum absolute atomic E-state index is 0.120. The maximum Gasteiger partial charge on any atom is 0.257 e. The van der Waals surface area contributed by atoms with Crippen molar-refractivity contribution in [1.29, 1.82) is 0 Å². The highest BCUT2D eigenvalue weighted by atomic mass is 32.2. The normalized spacial score (nSPS) is 13.4. The van der Waals surface area contributed by atoms with Crippen molar-refractivity contribution in [1.82, 2.24) is 20.2 Å². The SMILES string of the molecule is CC(C)(C)S(=O)(=O)c1ncc2c(n1)CCN(CCC(=O)NCCOCCOCCOCCOCCOCCOCCOCCOCCC(N)=O)C2=O. The van der Waals surface area contributed by atoms with Gasteiger partial charge < -0.3 is 53.8 Å². The van der Waals surface area contributed by atoms with Crippen LogP contribution in [0.5, 0.6) is 0 Å². The Kier molecular flexibility index (Phi) is 22.6. The van der Waals surface area contributed by atoms with E-state index in [9.17, 15) is 22.8 Å². The summed E-state index contributed by atoms with van der Waals surface area (Å²) in [5.41, 5.74) is 5.68. The fraction of sp³-hybridized carbons (Fsp3) is 0.788. The van der Waals surface area contributed by atoms with E-state index in [1.807, 2.05) is 0 Å². The minimum atomic E-state index is -3.73. The van der Waals surface area contributed by atoms with E-state index in [4.69, 9.17) is 43.6 Å². The van der Waals surface area contributed by atoms with Gasteiger partial charge in [-0.25, -0.2) is 18.4 Å². The summed E-state index contributed by atoms with van der Waals surface area (Å²) in [6, 6.07) is 0. The monoisotopic (exact) mass is 763 g/mol. The molecular formula is C33H57N5O13S. The Morgan fingerprint density at radius 1 is 0.750 bits per heavy atom. The number of carbonyl (C=O) groups is 3. The summed E-state index contributed by atoms with van der Waals surface area (Å²) in [6.07, 6.45) is 1.97. The molecule has 3 amide bonds. The number of hydrogen-bond donors (Lipinski definition) is 2. The van der Waals surface area contributed by atoms with Crippen LogP contribution < -0.4 is 11.1 Å². The summed E-state index contributed by atoms with van der Waals surface area (Å²) in [5, 5.41) is 2.49. The molecule has 0 saturated heterocycles. The first-order chi connectivity index (χ1) is 24.9. The van der Waals surface area contributed by atoms with E-state index in [0.29, 0.717) is 131 Å². The van der Waals surface area contributed by atoms with Gasteiger partial charge in [0.1, 0.15) is 0 Å². The van der Waals surface area contributed by atoms with Gasteiger partial charge in [0, 0.05) is 45.1 Å². The second-order valence-electron chi connectivity index (χ2n) is 12.4. The molecule has 298 valence electrons. The largest absolute Gasteiger partial charge is 0.379 e. The summed E-state index contributed by atoms with van der Waals surface area (Å²) in [7, 11) is -3.73. The standard InChI is InChI=1S/C33H57N5O13S/c1-33(2,3)52(42,43)32-36-26-27-28(37-32)4-8-38(31(27)41)9-5-30(40)35-7-11-45-13-15-47-17-19-49-21-23-51-25-24-50-22-20-48-18-16-46-14-12-44-10-6-29(34)39/h26H,4-25H2,1-3H3,(H2,34,39)(H,35,40). The van der Waals surface area contributed by atoms with Gasteiger partial charge in [-0.2, -0.15) is 0 Å². The zero-order valence-electron chi connectivity index (χ0n) is 30.8. The molecule has 2 heterocycles. The molecule has 0 bridgehead atoms. The number of rotatable bonds is 31.